The highest BCUT2D eigenvalue weighted by atomic mass is 17.1. The van der Waals surface area contributed by atoms with Crippen molar-refractivity contribution in [3.8, 4) is 0 Å². The van der Waals surface area contributed by atoms with E-state index < -0.39 is 6.16 Å². The molecule has 0 amide bonds. The molecule has 0 heterocycles. The Morgan fingerprint density at radius 1 is 2.00 bits per heavy atom. The van der Waals surface area contributed by atoms with Crippen molar-refractivity contribution in [3.63, 3.8) is 0 Å². The Kier molecular flexibility index (Phi) is 1.30. The molecule has 30 valence electrons. The van der Waals surface area contributed by atoms with E-state index in [0.29, 0.717) is 0 Å². The minimum atomic E-state index is -1.68. The first-order valence-corrected chi connectivity index (χ1v) is 0.834. The van der Waals surface area contributed by atoms with Gasteiger partial charge in [-0.25, -0.2) is 0 Å². The van der Waals surface area contributed by atoms with Gasteiger partial charge in [-0.15, -0.1) is 0 Å². The van der Waals surface area contributed by atoms with Crippen LogP contribution in [0.5, 0.6) is 0 Å². The zero-order valence-corrected chi connectivity index (χ0v) is 2.21. The Bertz CT molecular complexity index is 38.9. The average molecular weight is 78.0 g/mol. The van der Waals surface area contributed by atoms with Gasteiger partial charge in [0, 0.05) is 4.79 Å². The van der Waals surface area contributed by atoms with Crippen LogP contribution in [0.2, 0.25) is 0 Å². The van der Waals surface area contributed by atoms with Gasteiger partial charge < -0.3 is 15.3 Å². The first-order chi connectivity index (χ1) is 2.27. The Hall–Kier alpha value is -0.770. The highest BCUT2D eigenvalue weighted by Crippen LogP contribution is 1.49. The van der Waals surface area contributed by atoms with Gasteiger partial charge in [-0.05, 0) is 0 Å². The Balaban J connectivity index is 2.85. The van der Waals surface area contributed by atoms with E-state index >= 15 is 0 Å². The van der Waals surface area contributed by atoms with E-state index in [1.165, 1.54) is 0 Å². The molecule has 0 bridgehead atoms. The fourth-order valence-corrected chi connectivity index (χ4v) is 0. The third-order valence-corrected chi connectivity index (χ3v) is 0.0781. The van der Waals surface area contributed by atoms with Crippen molar-refractivity contribution in [1.82, 2.24) is 0 Å². The van der Waals surface area contributed by atoms with Crippen molar-refractivity contribution >= 4 is 6.16 Å². The lowest BCUT2D eigenvalue weighted by molar-refractivity contribution is -0.741. The van der Waals surface area contributed by atoms with Gasteiger partial charge in [-0.1, -0.05) is 0 Å². The Morgan fingerprint density at radius 3 is 2.20 bits per heavy atom. The van der Waals surface area contributed by atoms with Gasteiger partial charge in [0.1, 0.15) is 0 Å². The summed E-state index contributed by atoms with van der Waals surface area (Å²) in [6, 6.07) is 0. The van der Waals surface area contributed by atoms with Gasteiger partial charge in [-0.3, -0.25) is 0 Å². The second-order valence-electron chi connectivity index (χ2n) is 0.374. The summed E-state index contributed by atoms with van der Waals surface area (Å²) in [7, 11) is 0. The van der Waals surface area contributed by atoms with Crippen molar-refractivity contribution in [2.45, 2.75) is 0 Å². The molecule has 0 fully saturated rings. The third kappa shape index (κ3) is 3.23. The molecule has 0 spiro atoms. The molecule has 0 rings (SSSR count). The lowest BCUT2D eigenvalue weighted by Crippen LogP contribution is -2.17. The predicted molar refractivity (Wildman–Crippen MR) is 10.7 cm³/mol. The van der Waals surface area contributed by atoms with Crippen LogP contribution in [0, 0.1) is 0 Å². The summed E-state index contributed by atoms with van der Waals surface area (Å²) < 4.78 is 0. The zero-order chi connectivity index (χ0) is 4.28. The monoisotopic (exact) mass is 78.0 g/mol. The van der Waals surface area contributed by atoms with Gasteiger partial charge >= 0.3 is 6.16 Å². The highest BCUT2D eigenvalue weighted by molar-refractivity contribution is 5.54. The van der Waals surface area contributed by atoms with Gasteiger partial charge in [-0.2, -0.15) is 0 Å². The molecule has 0 atom stereocenters. The number of rotatable bonds is 0. The average Bonchev–Trinajstić information content (AvgIpc) is 1.38. The summed E-state index contributed by atoms with van der Waals surface area (Å²) in [6.45, 7) is 0. The van der Waals surface area contributed by atoms with E-state index in [4.69, 9.17) is 15.2 Å². The van der Waals surface area contributed by atoms with E-state index in [0.717, 1.165) is 0 Å². The van der Waals surface area contributed by atoms with Crippen LogP contribution in [0.1, 0.15) is 0 Å². The Labute approximate surface area is 27.5 Å². The molecule has 4 nitrogen and oxygen atoms in total. The maximum absolute atomic E-state index is 8.89. The summed E-state index contributed by atoms with van der Waals surface area (Å²) >= 11 is 0. The predicted octanol–water partition coefficient (Wildman–Crippen LogP) is -0.967. The quantitative estimate of drug-likeness (QED) is 0.230. The normalized spacial score (nSPS) is 6.60. The molecule has 0 unspecified atom stereocenters. The summed E-state index contributed by atoms with van der Waals surface area (Å²) in [6.07, 6.45) is -1.68. The molecule has 0 aromatic heterocycles. The van der Waals surface area contributed by atoms with Gasteiger partial charge in [0.25, 0.3) is 0 Å². The fraction of sp³-hybridized carbons (Fsp3) is 0. The van der Waals surface area contributed by atoms with Crippen LogP contribution in [-0.2, 0) is 0 Å². The smallest absolute Gasteiger partial charge is 0.628 e. The molecule has 4 heteroatoms. The topological polar surface area (TPSA) is 73.2 Å². The molecule has 0 aromatic carbocycles. The van der Waals surface area contributed by atoms with E-state index in [2.05, 4.69) is 0 Å². The maximum Gasteiger partial charge on any atom is 0.723 e. The second kappa shape index (κ2) is 1.54. The Morgan fingerprint density at radius 2 is 2.20 bits per heavy atom. The third-order valence-electron chi connectivity index (χ3n) is 0.0781. The lowest BCUT2D eigenvalue weighted by Gasteiger charge is -1.91. The molecule has 0 aliphatic heterocycles. The van der Waals surface area contributed by atoms with Crippen LogP contribution in [0.15, 0.2) is 0 Å². The highest BCUT2D eigenvalue weighted by Gasteiger charge is 1.91. The minimum absolute atomic E-state index is 1.56. The van der Waals surface area contributed by atoms with E-state index in [9.17, 15) is 0 Å². The first kappa shape index (κ1) is 4.23. The van der Waals surface area contributed by atoms with Crippen molar-refractivity contribution in [2.24, 2.45) is 0 Å². The maximum atomic E-state index is 8.89. The van der Waals surface area contributed by atoms with Crippen LogP contribution in [0.4, 0.5) is 4.79 Å². The van der Waals surface area contributed by atoms with E-state index in [-0.39, 0.29) is 0 Å². The van der Waals surface area contributed by atoms with Crippen molar-refractivity contribution in [1.29, 1.82) is 0 Å². The number of hydrogen-bond donors (Lipinski definition) is 1. The molecule has 0 aliphatic rings. The van der Waals surface area contributed by atoms with Crippen LogP contribution < -0.4 is 5.26 Å². The fourth-order valence-electron chi connectivity index (χ4n) is 0. The number of carboxylic acid groups (broad SMARTS) is 1. The van der Waals surface area contributed by atoms with Crippen LogP contribution in [-0.4, -0.2) is 16.1 Å². The van der Waals surface area contributed by atoms with Crippen molar-refractivity contribution in [2.75, 3.05) is 0 Å². The molecule has 0 aliphatic carbocycles. The van der Waals surface area contributed by atoms with E-state index in [1.807, 2.05) is 0 Å². The minimum Gasteiger partial charge on any atom is -0.628 e. The molecule has 2 N–H and O–H groups in total. The standard InChI is InChI=1S/CH2O4/c2-1(3)5-4/h5H,(H,2,3). The molecular formula is CH2O4. The van der Waals surface area contributed by atoms with Crippen molar-refractivity contribution in [3.05, 3.63) is 0 Å². The largest absolute Gasteiger partial charge is 0.723 e. The SMILES string of the molecule is O=C(O)[OH+][O-]. The molecule has 0 radical (unpaired) electrons. The van der Waals surface area contributed by atoms with Gasteiger partial charge in [0.2, 0.25) is 0 Å². The molecule has 0 saturated carbocycles. The van der Waals surface area contributed by atoms with Crippen molar-refractivity contribution < 1.29 is 20.0 Å². The van der Waals surface area contributed by atoms with Gasteiger partial charge in [0.05, 0.1) is 0 Å². The molecular weight excluding hydrogens is 76.0 g/mol. The summed E-state index contributed by atoms with van der Waals surface area (Å²) in [5, 5.41) is 15.9. The molecule has 5 heavy (non-hydrogen) atoms. The van der Waals surface area contributed by atoms with Gasteiger partial charge in [0.15, 0.2) is 0 Å². The number of hydrogen-bond acceptors (Lipinski definition) is 2. The zero-order valence-electron chi connectivity index (χ0n) is 2.21. The summed E-state index contributed by atoms with van der Waals surface area (Å²) in [4.78, 5) is 10.4. The first-order valence-electron chi connectivity index (χ1n) is 0.834. The van der Waals surface area contributed by atoms with Crippen LogP contribution >= 0.6 is 0 Å². The van der Waals surface area contributed by atoms with E-state index in [1.54, 1.807) is 4.89 Å². The molecule has 0 saturated heterocycles. The van der Waals surface area contributed by atoms with Crippen LogP contribution in [0.25, 0.3) is 0 Å². The second-order valence-corrected chi connectivity index (χ2v) is 0.374. The summed E-state index contributed by atoms with van der Waals surface area (Å²) in [5.74, 6) is 0. The lowest BCUT2D eigenvalue weighted by atomic mass is 11.5. The number of carbonyl (C=O) groups is 1. The van der Waals surface area contributed by atoms with Crippen LogP contribution in [0.3, 0.4) is 0 Å². The molecule has 0 aromatic rings. The summed E-state index contributed by atoms with van der Waals surface area (Å²) in [5.41, 5.74) is 0.